The Morgan fingerprint density at radius 1 is 1.45 bits per heavy atom. The van der Waals surface area contributed by atoms with Gasteiger partial charge in [0.2, 0.25) is 0 Å². The molecule has 1 heterocycles. The number of rotatable bonds is 6. The quantitative estimate of drug-likeness (QED) is 0.736. The van der Waals surface area contributed by atoms with Gasteiger partial charge in [0.1, 0.15) is 5.54 Å². The summed E-state index contributed by atoms with van der Waals surface area (Å²) in [5.41, 5.74) is -0.623. The standard InChI is InChI=1S/C15H31N3O2/c1-6-8-16-15(3,14(19)20-5)12-18-10-7-9-17(4)11-13(18)2/h13,16H,6-12H2,1-5H3. The molecule has 20 heavy (non-hydrogen) atoms. The Balaban J connectivity index is 2.74. The maximum Gasteiger partial charge on any atom is 0.327 e. The van der Waals surface area contributed by atoms with E-state index in [1.807, 2.05) is 6.92 Å². The lowest BCUT2D eigenvalue weighted by molar-refractivity contribution is -0.149. The molecule has 0 aliphatic carbocycles. The molecule has 0 bridgehead atoms. The largest absolute Gasteiger partial charge is 0.468 e. The fraction of sp³-hybridized carbons (Fsp3) is 0.933. The Bertz CT molecular complexity index is 311. The van der Waals surface area contributed by atoms with Gasteiger partial charge in [-0.3, -0.25) is 9.69 Å². The summed E-state index contributed by atoms with van der Waals surface area (Å²) in [6, 6.07) is 0.454. The van der Waals surface area contributed by atoms with Crippen molar-refractivity contribution in [2.75, 3.05) is 46.9 Å². The van der Waals surface area contributed by atoms with Crippen LogP contribution in [0.25, 0.3) is 0 Å². The molecule has 0 spiro atoms. The predicted octanol–water partition coefficient (Wildman–Crippen LogP) is 0.944. The van der Waals surface area contributed by atoms with Crippen molar-refractivity contribution < 1.29 is 9.53 Å². The minimum absolute atomic E-state index is 0.171. The number of likely N-dealkylation sites (N-methyl/N-ethyl adjacent to an activating group) is 1. The SMILES string of the molecule is CCCNC(C)(CN1CCCN(C)CC1C)C(=O)OC. The third-order valence-corrected chi connectivity index (χ3v) is 4.10. The summed E-state index contributed by atoms with van der Waals surface area (Å²) < 4.78 is 5.00. The number of nitrogens with one attached hydrogen (secondary N) is 1. The van der Waals surface area contributed by atoms with Gasteiger partial charge in [0.05, 0.1) is 7.11 Å². The molecule has 1 saturated heterocycles. The maximum atomic E-state index is 12.1. The first-order valence-electron chi connectivity index (χ1n) is 7.69. The second-order valence-corrected chi connectivity index (χ2v) is 6.19. The third kappa shape index (κ3) is 4.72. The molecule has 2 atom stereocenters. The number of methoxy groups -OCH3 is 1. The van der Waals surface area contributed by atoms with E-state index in [-0.39, 0.29) is 5.97 Å². The van der Waals surface area contributed by atoms with Gasteiger partial charge in [0.15, 0.2) is 0 Å². The van der Waals surface area contributed by atoms with E-state index in [1.165, 1.54) is 7.11 Å². The summed E-state index contributed by atoms with van der Waals surface area (Å²) in [6.45, 7) is 11.0. The van der Waals surface area contributed by atoms with E-state index in [2.05, 4.69) is 36.0 Å². The number of hydrogen-bond acceptors (Lipinski definition) is 5. The summed E-state index contributed by atoms with van der Waals surface area (Å²) >= 11 is 0. The number of carbonyl (C=O) groups excluding carboxylic acids is 1. The minimum atomic E-state index is -0.623. The van der Waals surface area contributed by atoms with Gasteiger partial charge in [-0.05, 0) is 53.4 Å². The van der Waals surface area contributed by atoms with Crippen LogP contribution in [0.1, 0.15) is 33.6 Å². The summed E-state index contributed by atoms with van der Waals surface area (Å²) in [6.07, 6.45) is 2.15. The number of carbonyl (C=O) groups is 1. The van der Waals surface area contributed by atoms with Crippen LogP contribution >= 0.6 is 0 Å². The predicted molar refractivity (Wildman–Crippen MR) is 81.9 cm³/mol. The highest BCUT2D eigenvalue weighted by Crippen LogP contribution is 2.15. The molecule has 0 aromatic carbocycles. The van der Waals surface area contributed by atoms with Gasteiger partial charge in [-0.1, -0.05) is 6.92 Å². The van der Waals surface area contributed by atoms with E-state index < -0.39 is 5.54 Å². The first-order valence-corrected chi connectivity index (χ1v) is 7.69. The molecule has 0 amide bonds. The molecule has 0 aromatic rings. The number of nitrogens with zero attached hydrogens (tertiary/aromatic N) is 2. The second kappa shape index (κ2) is 7.96. The van der Waals surface area contributed by atoms with Gasteiger partial charge < -0.3 is 15.0 Å². The average Bonchev–Trinajstić information content (AvgIpc) is 2.57. The van der Waals surface area contributed by atoms with Gasteiger partial charge in [-0.2, -0.15) is 0 Å². The van der Waals surface area contributed by atoms with Crippen LogP contribution in [-0.2, 0) is 9.53 Å². The van der Waals surface area contributed by atoms with Gasteiger partial charge in [0, 0.05) is 19.1 Å². The van der Waals surface area contributed by atoms with E-state index in [4.69, 9.17) is 4.74 Å². The number of hydrogen-bond donors (Lipinski definition) is 1. The van der Waals surface area contributed by atoms with Crippen molar-refractivity contribution in [3.05, 3.63) is 0 Å². The molecule has 0 saturated carbocycles. The Labute approximate surface area is 123 Å². The normalized spacial score (nSPS) is 24.9. The van der Waals surface area contributed by atoms with Gasteiger partial charge in [-0.15, -0.1) is 0 Å². The second-order valence-electron chi connectivity index (χ2n) is 6.19. The smallest absolute Gasteiger partial charge is 0.327 e. The highest BCUT2D eigenvalue weighted by Gasteiger charge is 2.37. The van der Waals surface area contributed by atoms with Crippen molar-refractivity contribution in [2.24, 2.45) is 0 Å². The van der Waals surface area contributed by atoms with Crippen molar-refractivity contribution >= 4 is 5.97 Å². The Kier molecular flexibility index (Phi) is 6.92. The fourth-order valence-electron chi connectivity index (χ4n) is 2.88. The summed E-state index contributed by atoms with van der Waals surface area (Å²) in [5.74, 6) is -0.171. The van der Waals surface area contributed by atoms with Gasteiger partial charge in [0.25, 0.3) is 0 Å². The molecule has 1 aliphatic heterocycles. The molecule has 2 unspecified atom stereocenters. The van der Waals surface area contributed by atoms with E-state index in [0.29, 0.717) is 12.6 Å². The molecule has 1 aliphatic rings. The topological polar surface area (TPSA) is 44.8 Å². The van der Waals surface area contributed by atoms with Gasteiger partial charge in [-0.25, -0.2) is 0 Å². The molecule has 1 rings (SSSR count). The Morgan fingerprint density at radius 2 is 2.15 bits per heavy atom. The van der Waals surface area contributed by atoms with Crippen LogP contribution in [0.2, 0.25) is 0 Å². The first kappa shape index (κ1) is 17.4. The lowest BCUT2D eigenvalue weighted by Gasteiger charge is -2.36. The number of ether oxygens (including phenoxy) is 1. The molecule has 0 radical (unpaired) electrons. The zero-order valence-electron chi connectivity index (χ0n) is 13.7. The van der Waals surface area contributed by atoms with Crippen molar-refractivity contribution in [1.82, 2.24) is 15.1 Å². The van der Waals surface area contributed by atoms with E-state index in [1.54, 1.807) is 0 Å². The highest BCUT2D eigenvalue weighted by atomic mass is 16.5. The summed E-state index contributed by atoms with van der Waals surface area (Å²) in [5, 5.41) is 3.37. The van der Waals surface area contributed by atoms with Crippen molar-refractivity contribution in [3.63, 3.8) is 0 Å². The molecule has 118 valence electrons. The molecular formula is C15H31N3O2. The monoisotopic (exact) mass is 285 g/mol. The van der Waals surface area contributed by atoms with Crippen LogP contribution in [0.4, 0.5) is 0 Å². The van der Waals surface area contributed by atoms with Gasteiger partial charge >= 0.3 is 5.97 Å². The highest BCUT2D eigenvalue weighted by molar-refractivity contribution is 5.80. The average molecular weight is 285 g/mol. The van der Waals surface area contributed by atoms with Crippen LogP contribution in [0, 0.1) is 0 Å². The van der Waals surface area contributed by atoms with Crippen LogP contribution in [-0.4, -0.2) is 74.2 Å². The maximum absolute atomic E-state index is 12.1. The van der Waals surface area contributed by atoms with E-state index in [9.17, 15) is 4.79 Å². The van der Waals surface area contributed by atoms with Crippen molar-refractivity contribution in [1.29, 1.82) is 0 Å². The van der Waals surface area contributed by atoms with Crippen molar-refractivity contribution in [3.8, 4) is 0 Å². The van der Waals surface area contributed by atoms with Crippen LogP contribution in [0.15, 0.2) is 0 Å². The zero-order valence-corrected chi connectivity index (χ0v) is 13.7. The summed E-state index contributed by atoms with van der Waals surface area (Å²) in [7, 11) is 3.63. The molecular weight excluding hydrogens is 254 g/mol. The molecule has 0 aromatic heterocycles. The number of esters is 1. The van der Waals surface area contributed by atoms with E-state index >= 15 is 0 Å². The van der Waals surface area contributed by atoms with Crippen LogP contribution < -0.4 is 5.32 Å². The van der Waals surface area contributed by atoms with Crippen molar-refractivity contribution in [2.45, 2.75) is 45.2 Å². The molecule has 1 fully saturated rings. The minimum Gasteiger partial charge on any atom is -0.468 e. The zero-order chi connectivity index (χ0) is 15.2. The fourth-order valence-corrected chi connectivity index (χ4v) is 2.88. The Hall–Kier alpha value is -0.650. The Morgan fingerprint density at radius 3 is 2.75 bits per heavy atom. The van der Waals surface area contributed by atoms with E-state index in [0.717, 1.165) is 39.0 Å². The molecule has 5 heteroatoms. The lowest BCUT2D eigenvalue weighted by Crippen LogP contribution is -2.59. The molecule has 5 nitrogen and oxygen atoms in total. The lowest BCUT2D eigenvalue weighted by atomic mass is 10.00. The van der Waals surface area contributed by atoms with Crippen LogP contribution in [0.5, 0.6) is 0 Å². The first-order chi connectivity index (χ1) is 9.42. The molecule has 1 N–H and O–H groups in total. The van der Waals surface area contributed by atoms with Crippen LogP contribution in [0.3, 0.4) is 0 Å². The third-order valence-electron chi connectivity index (χ3n) is 4.10. The summed E-state index contributed by atoms with van der Waals surface area (Å²) in [4.78, 5) is 16.9.